The topological polar surface area (TPSA) is 41.6 Å². The van der Waals surface area contributed by atoms with Gasteiger partial charge in [-0.1, -0.05) is 23.7 Å². The summed E-state index contributed by atoms with van der Waals surface area (Å²) in [6, 6.07) is 7.39. The Labute approximate surface area is 137 Å². The molecule has 0 saturated carbocycles. The van der Waals surface area contributed by atoms with Crippen LogP contribution in [-0.2, 0) is 4.79 Å². The summed E-state index contributed by atoms with van der Waals surface area (Å²) in [6.45, 7) is 4.07. The normalized spacial score (nSPS) is 15.0. The minimum Gasteiger partial charge on any atom is -0.492 e. The maximum atomic E-state index is 12.0. The lowest BCUT2D eigenvalue weighted by atomic mass is 10.2. The zero-order chi connectivity index (χ0) is 14.2. The fourth-order valence-electron chi connectivity index (χ4n) is 2.22. The first kappa shape index (κ1) is 18.1. The number of ether oxygens (including phenoxy) is 1. The summed E-state index contributed by atoms with van der Waals surface area (Å²) >= 11 is 6.00. The zero-order valence-electron chi connectivity index (χ0n) is 12.0. The van der Waals surface area contributed by atoms with Gasteiger partial charge in [0.25, 0.3) is 0 Å². The van der Waals surface area contributed by atoms with E-state index in [1.54, 1.807) is 6.07 Å². The van der Waals surface area contributed by atoms with Crippen LogP contribution in [0.2, 0.25) is 5.02 Å². The van der Waals surface area contributed by atoms with E-state index in [-0.39, 0.29) is 18.3 Å². The molecule has 0 aliphatic carbocycles. The molecule has 1 heterocycles. The molecule has 4 nitrogen and oxygen atoms in total. The van der Waals surface area contributed by atoms with Gasteiger partial charge in [0, 0.05) is 26.1 Å². The fraction of sp³-hybridized carbons (Fsp3) is 0.533. The SMILES string of the molecule is Cl.O=C(CCCOc1ccccc1Cl)N1CCCNCC1. The van der Waals surface area contributed by atoms with Crippen LogP contribution in [0, 0.1) is 0 Å². The molecule has 21 heavy (non-hydrogen) atoms. The molecule has 1 saturated heterocycles. The van der Waals surface area contributed by atoms with E-state index in [4.69, 9.17) is 16.3 Å². The largest absolute Gasteiger partial charge is 0.492 e. The van der Waals surface area contributed by atoms with E-state index >= 15 is 0 Å². The first-order chi connectivity index (χ1) is 9.77. The third-order valence-corrected chi connectivity index (χ3v) is 3.63. The first-order valence-electron chi connectivity index (χ1n) is 7.13. The molecule has 118 valence electrons. The van der Waals surface area contributed by atoms with Crippen molar-refractivity contribution in [2.75, 3.05) is 32.8 Å². The summed E-state index contributed by atoms with van der Waals surface area (Å²) in [6.07, 6.45) is 2.28. The summed E-state index contributed by atoms with van der Waals surface area (Å²) in [7, 11) is 0. The van der Waals surface area contributed by atoms with Crippen molar-refractivity contribution >= 4 is 29.9 Å². The Morgan fingerprint density at radius 1 is 1.29 bits per heavy atom. The number of amides is 1. The van der Waals surface area contributed by atoms with Gasteiger partial charge in [-0.05, 0) is 31.5 Å². The van der Waals surface area contributed by atoms with E-state index < -0.39 is 0 Å². The Morgan fingerprint density at radius 3 is 2.90 bits per heavy atom. The predicted molar refractivity (Wildman–Crippen MR) is 87.5 cm³/mol. The number of halogens is 2. The molecule has 1 N–H and O–H groups in total. The summed E-state index contributed by atoms with van der Waals surface area (Å²) in [4.78, 5) is 14.0. The third-order valence-electron chi connectivity index (χ3n) is 3.32. The van der Waals surface area contributed by atoms with Gasteiger partial charge in [-0.25, -0.2) is 0 Å². The van der Waals surface area contributed by atoms with Crippen molar-refractivity contribution in [1.82, 2.24) is 10.2 Å². The molecular weight excluding hydrogens is 311 g/mol. The van der Waals surface area contributed by atoms with Gasteiger partial charge in [0.05, 0.1) is 11.6 Å². The molecule has 0 aromatic heterocycles. The van der Waals surface area contributed by atoms with Gasteiger partial charge in [0.2, 0.25) is 5.91 Å². The van der Waals surface area contributed by atoms with Crippen molar-refractivity contribution < 1.29 is 9.53 Å². The first-order valence-corrected chi connectivity index (χ1v) is 7.51. The van der Waals surface area contributed by atoms with Crippen molar-refractivity contribution in [3.8, 4) is 5.75 Å². The molecule has 6 heteroatoms. The maximum Gasteiger partial charge on any atom is 0.222 e. The lowest BCUT2D eigenvalue weighted by Gasteiger charge is -2.19. The van der Waals surface area contributed by atoms with Gasteiger partial charge < -0.3 is 15.0 Å². The molecule has 1 aromatic carbocycles. The van der Waals surface area contributed by atoms with Gasteiger partial charge in [-0.15, -0.1) is 12.4 Å². The van der Waals surface area contributed by atoms with E-state index in [1.807, 2.05) is 23.1 Å². The number of nitrogens with zero attached hydrogens (tertiary/aromatic N) is 1. The Bertz CT molecular complexity index is 435. The van der Waals surface area contributed by atoms with Gasteiger partial charge in [0.15, 0.2) is 0 Å². The van der Waals surface area contributed by atoms with Gasteiger partial charge in [0.1, 0.15) is 5.75 Å². The number of carbonyl (C=O) groups is 1. The number of nitrogens with one attached hydrogen (secondary N) is 1. The van der Waals surface area contributed by atoms with Crippen LogP contribution in [0.1, 0.15) is 19.3 Å². The molecular formula is C15H22Cl2N2O2. The molecule has 0 bridgehead atoms. The van der Waals surface area contributed by atoms with Crippen LogP contribution in [0.15, 0.2) is 24.3 Å². The number of rotatable bonds is 5. The van der Waals surface area contributed by atoms with Gasteiger partial charge in [-0.3, -0.25) is 4.79 Å². The highest BCUT2D eigenvalue weighted by molar-refractivity contribution is 6.32. The van der Waals surface area contributed by atoms with Crippen LogP contribution in [-0.4, -0.2) is 43.6 Å². The van der Waals surface area contributed by atoms with E-state index in [0.717, 1.165) is 32.6 Å². The molecule has 1 aliphatic heterocycles. The van der Waals surface area contributed by atoms with E-state index in [1.165, 1.54) is 0 Å². The third kappa shape index (κ3) is 6.12. The number of hydrogen-bond acceptors (Lipinski definition) is 3. The summed E-state index contributed by atoms with van der Waals surface area (Å²) < 4.78 is 5.58. The second kappa shape index (κ2) is 9.87. The van der Waals surface area contributed by atoms with Crippen LogP contribution in [0.4, 0.5) is 0 Å². The summed E-state index contributed by atoms with van der Waals surface area (Å²) in [5, 5.41) is 3.90. The molecule has 1 aromatic rings. The van der Waals surface area contributed by atoms with Crippen LogP contribution in [0.25, 0.3) is 0 Å². The number of benzene rings is 1. The van der Waals surface area contributed by atoms with Crippen LogP contribution in [0.5, 0.6) is 5.75 Å². The second-order valence-corrected chi connectivity index (χ2v) is 5.27. The minimum atomic E-state index is 0. The Hall–Kier alpha value is -0.970. The van der Waals surface area contributed by atoms with Gasteiger partial charge in [-0.2, -0.15) is 0 Å². The summed E-state index contributed by atoms with van der Waals surface area (Å²) in [5.41, 5.74) is 0. The van der Waals surface area contributed by atoms with Crippen molar-refractivity contribution in [2.24, 2.45) is 0 Å². The smallest absolute Gasteiger partial charge is 0.222 e. The van der Waals surface area contributed by atoms with E-state index in [2.05, 4.69) is 5.32 Å². The Morgan fingerprint density at radius 2 is 2.10 bits per heavy atom. The predicted octanol–water partition coefficient (Wildman–Crippen LogP) is 2.74. The summed E-state index contributed by atoms with van der Waals surface area (Å²) in [5.74, 6) is 0.900. The zero-order valence-corrected chi connectivity index (χ0v) is 13.6. The Kier molecular flexibility index (Phi) is 8.50. The standard InChI is InChI=1S/C15H21ClN2O2.ClH/c16-13-5-1-2-6-14(13)20-12-3-7-15(19)18-10-4-8-17-9-11-18;/h1-2,5-6,17H,3-4,7-12H2;1H. The van der Waals surface area contributed by atoms with Crippen molar-refractivity contribution in [1.29, 1.82) is 0 Å². The van der Waals surface area contributed by atoms with Crippen LogP contribution < -0.4 is 10.1 Å². The molecule has 0 atom stereocenters. The number of para-hydroxylation sites is 1. The fourth-order valence-corrected chi connectivity index (χ4v) is 2.41. The lowest BCUT2D eigenvalue weighted by Crippen LogP contribution is -2.34. The monoisotopic (exact) mass is 332 g/mol. The second-order valence-electron chi connectivity index (χ2n) is 4.87. The Balaban J connectivity index is 0.00000220. The molecule has 1 fully saturated rings. The average molecular weight is 333 g/mol. The maximum absolute atomic E-state index is 12.0. The van der Waals surface area contributed by atoms with Crippen LogP contribution in [0.3, 0.4) is 0 Å². The highest BCUT2D eigenvalue weighted by Crippen LogP contribution is 2.23. The minimum absolute atomic E-state index is 0. The molecule has 1 amide bonds. The van der Waals surface area contributed by atoms with Crippen molar-refractivity contribution in [2.45, 2.75) is 19.3 Å². The van der Waals surface area contributed by atoms with Crippen molar-refractivity contribution in [3.05, 3.63) is 29.3 Å². The lowest BCUT2D eigenvalue weighted by molar-refractivity contribution is -0.131. The van der Waals surface area contributed by atoms with Crippen LogP contribution >= 0.6 is 24.0 Å². The number of hydrogen-bond donors (Lipinski definition) is 1. The molecule has 2 rings (SSSR count). The quantitative estimate of drug-likeness (QED) is 0.843. The van der Waals surface area contributed by atoms with Crippen molar-refractivity contribution in [3.63, 3.8) is 0 Å². The van der Waals surface area contributed by atoms with E-state index in [9.17, 15) is 4.79 Å². The highest BCUT2D eigenvalue weighted by atomic mass is 35.5. The highest BCUT2D eigenvalue weighted by Gasteiger charge is 2.14. The van der Waals surface area contributed by atoms with E-state index in [0.29, 0.717) is 30.2 Å². The molecule has 0 unspecified atom stereocenters. The average Bonchev–Trinajstić information content (AvgIpc) is 2.74. The molecule has 0 spiro atoms. The number of carbonyl (C=O) groups excluding carboxylic acids is 1. The molecule has 0 radical (unpaired) electrons. The molecule has 1 aliphatic rings. The van der Waals surface area contributed by atoms with Gasteiger partial charge >= 0.3 is 0 Å².